The lowest BCUT2D eigenvalue weighted by Gasteiger charge is -2.09. The Morgan fingerprint density at radius 1 is 1.50 bits per heavy atom. The van der Waals surface area contributed by atoms with Gasteiger partial charge in [0.1, 0.15) is 0 Å². The number of halogens is 1. The summed E-state index contributed by atoms with van der Waals surface area (Å²) < 4.78 is 16.3. The maximum atomic E-state index is 9.09. The van der Waals surface area contributed by atoms with Crippen molar-refractivity contribution in [2.45, 2.75) is 6.61 Å². The summed E-state index contributed by atoms with van der Waals surface area (Å²) in [4.78, 5) is 0. The first-order valence-electron chi connectivity index (χ1n) is 4.03. The summed E-state index contributed by atoms with van der Waals surface area (Å²) >= 11 is 3.34. The van der Waals surface area contributed by atoms with E-state index in [1.807, 2.05) is 0 Å². The smallest absolute Gasteiger partial charge is 0.231 e. The number of rotatable bonds is 2. The van der Waals surface area contributed by atoms with Crippen LogP contribution in [0.1, 0.15) is 5.56 Å². The summed E-state index contributed by atoms with van der Waals surface area (Å²) in [6.45, 7) is 0.104. The molecule has 1 N–H and O–H groups in total. The molecule has 0 spiro atoms. The second-order valence-corrected chi connectivity index (χ2v) is 3.57. The van der Waals surface area contributed by atoms with E-state index >= 15 is 0 Å². The first-order chi connectivity index (χ1) is 6.77. The van der Waals surface area contributed by atoms with Crippen molar-refractivity contribution >= 4 is 15.9 Å². The summed E-state index contributed by atoms with van der Waals surface area (Å²) in [6, 6.07) is 1.72. The van der Waals surface area contributed by atoms with Crippen molar-refractivity contribution in [1.29, 1.82) is 0 Å². The molecule has 0 unspecified atom stereocenters. The van der Waals surface area contributed by atoms with Crippen molar-refractivity contribution in [2.75, 3.05) is 13.9 Å². The Morgan fingerprint density at radius 2 is 2.21 bits per heavy atom. The van der Waals surface area contributed by atoms with Crippen molar-refractivity contribution < 1.29 is 19.3 Å². The van der Waals surface area contributed by atoms with Crippen LogP contribution < -0.4 is 14.2 Å². The van der Waals surface area contributed by atoms with E-state index in [4.69, 9.17) is 19.3 Å². The molecule has 1 aliphatic heterocycles. The summed E-state index contributed by atoms with van der Waals surface area (Å²) in [7, 11) is 1.55. The standard InChI is InChI=1S/C9H9BrO4/c1-12-6-2-5(3-11)7(10)9-8(6)13-4-14-9/h2,11H,3-4H2,1H3. The molecule has 0 aromatic heterocycles. The Kier molecular flexibility index (Phi) is 2.52. The van der Waals surface area contributed by atoms with Crippen LogP contribution in [-0.2, 0) is 6.61 Å². The molecular weight excluding hydrogens is 252 g/mol. The molecule has 2 rings (SSSR count). The van der Waals surface area contributed by atoms with Crippen LogP contribution in [0.4, 0.5) is 0 Å². The molecule has 0 bridgehead atoms. The number of fused-ring (bicyclic) bond motifs is 1. The number of benzene rings is 1. The van der Waals surface area contributed by atoms with Gasteiger partial charge in [-0.25, -0.2) is 0 Å². The van der Waals surface area contributed by atoms with Gasteiger partial charge in [0.15, 0.2) is 11.5 Å². The molecule has 0 fully saturated rings. The molecule has 0 saturated carbocycles. The Balaban J connectivity index is 2.60. The first-order valence-corrected chi connectivity index (χ1v) is 4.83. The van der Waals surface area contributed by atoms with Gasteiger partial charge < -0.3 is 19.3 Å². The zero-order chi connectivity index (χ0) is 10.1. The van der Waals surface area contributed by atoms with E-state index in [2.05, 4.69) is 15.9 Å². The molecule has 0 aliphatic carbocycles. The molecule has 0 radical (unpaired) electrons. The number of ether oxygens (including phenoxy) is 3. The highest BCUT2D eigenvalue weighted by molar-refractivity contribution is 9.10. The van der Waals surface area contributed by atoms with E-state index in [0.717, 1.165) is 0 Å². The van der Waals surface area contributed by atoms with Crippen LogP contribution in [0, 0.1) is 0 Å². The van der Waals surface area contributed by atoms with Gasteiger partial charge in [-0.1, -0.05) is 0 Å². The predicted octanol–water partition coefficient (Wildman–Crippen LogP) is 1.68. The van der Waals surface area contributed by atoms with Crippen LogP contribution in [-0.4, -0.2) is 19.0 Å². The van der Waals surface area contributed by atoms with E-state index in [0.29, 0.717) is 27.3 Å². The highest BCUT2D eigenvalue weighted by Gasteiger charge is 2.24. The fourth-order valence-corrected chi connectivity index (χ4v) is 1.86. The Hall–Kier alpha value is -0.940. The zero-order valence-electron chi connectivity index (χ0n) is 7.54. The number of hydrogen-bond donors (Lipinski definition) is 1. The highest BCUT2D eigenvalue weighted by atomic mass is 79.9. The van der Waals surface area contributed by atoms with Gasteiger partial charge in [-0.05, 0) is 27.6 Å². The third-order valence-electron chi connectivity index (χ3n) is 2.01. The summed E-state index contributed by atoms with van der Waals surface area (Å²) in [5.41, 5.74) is 0.714. The molecule has 1 aliphatic rings. The number of aliphatic hydroxyl groups excluding tert-OH is 1. The van der Waals surface area contributed by atoms with Crippen molar-refractivity contribution in [1.82, 2.24) is 0 Å². The van der Waals surface area contributed by atoms with Crippen LogP contribution in [0.15, 0.2) is 10.5 Å². The van der Waals surface area contributed by atoms with E-state index in [1.54, 1.807) is 13.2 Å². The molecule has 1 heterocycles. The molecule has 76 valence electrons. The Morgan fingerprint density at radius 3 is 2.86 bits per heavy atom. The summed E-state index contributed by atoms with van der Waals surface area (Å²) in [5, 5.41) is 9.09. The molecule has 0 saturated heterocycles. The average molecular weight is 261 g/mol. The largest absolute Gasteiger partial charge is 0.493 e. The number of methoxy groups -OCH3 is 1. The van der Waals surface area contributed by atoms with Gasteiger partial charge in [0, 0.05) is 0 Å². The lowest BCUT2D eigenvalue weighted by atomic mass is 10.2. The number of aliphatic hydroxyl groups is 1. The van der Waals surface area contributed by atoms with Crippen molar-refractivity contribution in [3.63, 3.8) is 0 Å². The molecule has 0 amide bonds. The van der Waals surface area contributed by atoms with Crippen LogP contribution in [0.2, 0.25) is 0 Å². The minimum atomic E-state index is -0.0758. The molecule has 1 aromatic carbocycles. The maximum absolute atomic E-state index is 9.09. The van der Waals surface area contributed by atoms with Crippen molar-refractivity contribution in [3.05, 3.63) is 16.1 Å². The van der Waals surface area contributed by atoms with Gasteiger partial charge in [0.25, 0.3) is 0 Å². The van der Waals surface area contributed by atoms with Crippen molar-refractivity contribution in [2.24, 2.45) is 0 Å². The van der Waals surface area contributed by atoms with E-state index in [9.17, 15) is 0 Å². The quantitative estimate of drug-likeness (QED) is 0.879. The lowest BCUT2D eigenvalue weighted by molar-refractivity contribution is 0.170. The first kappa shape index (κ1) is 9.61. The van der Waals surface area contributed by atoms with E-state index in [1.165, 1.54) is 0 Å². The molecular formula is C9H9BrO4. The Labute approximate surface area is 89.5 Å². The van der Waals surface area contributed by atoms with Crippen LogP contribution in [0.25, 0.3) is 0 Å². The fourth-order valence-electron chi connectivity index (χ4n) is 1.32. The van der Waals surface area contributed by atoms with E-state index in [-0.39, 0.29) is 13.4 Å². The van der Waals surface area contributed by atoms with Gasteiger partial charge in [-0.3, -0.25) is 0 Å². The molecule has 14 heavy (non-hydrogen) atoms. The normalized spacial score (nSPS) is 13.1. The summed E-state index contributed by atoms with van der Waals surface area (Å²) in [5.74, 6) is 1.75. The Bertz CT molecular complexity index is 364. The predicted molar refractivity (Wildman–Crippen MR) is 52.7 cm³/mol. The van der Waals surface area contributed by atoms with Gasteiger partial charge in [-0.15, -0.1) is 0 Å². The van der Waals surface area contributed by atoms with Gasteiger partial charge in [0.05, 0.1) is 18.2 Å². The minimum absolute atomic E-state index is 0.0758. The van der Waals surface area contributed by atoms with E-state index < -0.39 is 0 Å². The monoisotopic (exact) mass is 260 g/mol. The third kappa shape index (κ3) is 1.33. The van der Waals surface area contributed by atoms with Crippen LogP contribution in [0.5, 0.6) is 17.2 Å². The number of hydrogen-bond acceptors (Lipinski definition) is 4. The maximum Gasteiger partial charge on any atom is 0.231 e. The molecule has 1 aromatic rings. The molecule has 4 nitrogen and oxygen atoms in total. The van der Waals surface area contributed by atoms with Crippen LogP contribution in [0.3, 0.4) is 0 Å². The van der Waals surface area contributed by atoms with Crippen molar-refractivity contribution in [3.8, 4) is 17.2 Å². The highest BCUT2D eigenvalue weighted by Crippen LogP contribution is 2.47. The second-order valence-electron chi connectivity index (χ2n) is 2.77. The third-order valence-corrected chi connectivity index (χ3v) is 2.88. The fraction of sp³-hybridized carbons (Fsp3) is 0.333. The lowest BCUT2D eigenvalue weighted by Crippen LogP contribution is -1.93. The molecule has 5 heteroatoms. The topological polar surface area (TPSA) is 47.9 Å². The van der Waals surface area contributed by atoms with Gasteiger partial charge in [0.2, 0.25) is 12.5 Å². The van der Waals surface area contributed by atoms with Crippen LogP contribution >= 0.6 is 15.9 Å². The minimum Gasteiger partial charge on any atom is -0.493 e. The molecule has 0 atom stereocenters. The second kappa shape index (κ2) is 3.67. The van der Waals surface area contributed by atoms with Gasteiger partial charge in [-0.2, -0.15) is 0 Å². The average Bonchev–Trinajstić information content (AvgIpc) is 2.68. The zero-order valence-corrected chi connectivity index (χ0v) is 9.13. The SMILES string of the molecule is COc1cc(CO)c(Br)c2c1OCO2. The summed E-state index contributed by atoms with van der Waals surface area (Å²) in [6.07, 6.45) is 0. The van der Waals surface area contributed by atoms with Gasteiger partial charge >= 0.3 is 0 Å².